The third-order valence-corrected chi connectivity index (χ3v) is 1.94. The van der Waals surface area contributed by atoms with Gasteiger partial charge in [0.1, 0.15) is 5.56 Å². The summed E-state index contributed by atoms with van der Waals surface area (Å²) in [5, 5.41) is 38.6. The fourth-order valence-electron chi connectivity index (χ4n) is 1.24. The smallest absolute Gasteiger partial charge is 0.259 e. The van der Waals surface area contributed by atoms with Gasteiger partial charge in [0.15, 0.2) is 0 Å². The first-order valence-corrected chi connectivity index (χ1v) is 4.25. The predicted molar refractivity (Wildman–Crippen MR) is 58.6 cm³/mol. The Hall–Kier alpha value is -3.13. The van der Waals surface area contributed by atoms with Crippen LogP contribution in [0.2, 0.25) is 0 Å². The SMILES string of the molecule is N=C=Cc1c([N+](=O)[O-])cc([N+](=O)[O-])cc1[N+](=O)[O-]. The quantitative estimate of drug-likeness (QED) is 0.488. The Morgan fingerprint density at radius 1 is 1.00 bits per heavy atom. The van der Waals surface area contributed by atoms with Gasteiger partial charge >= 0.3 is 0 Å². The molecule has 0 aliphatic carbocycles. The van der Waals surface area contributed by atoms with Crippen LogP contribution in [0, 0.1) is 35.8 Å². The van der Waals surface area contributed by atoms with E-state index in [0.717, 1.165) is 0 Å². The molecule has 18 heavy (non-hydrogen) atoms. The third kappa shape index (κ3) is 2.33. The number of non-ortho nitro benzene ring substituents is 1. The highest BCUT2D eigenvalue weighted by molar-refractivity contribution is 5.85. The van der Waals surface area contributed by atoms with E-state index in [2.05, 4.69) is 0 Å². The lowest BCUT2D eigenvalue weighted by Crippen LogP contribution is -2.00. The van der Waals surface area contributed by atoms with Crippen LogP contribution in [-0.2, 0) is 0 Å². The maximum atomic E-state index is 10.7. The molecule has 0 fully saturated rings. The van der Waals surface area contributed by atoms with Crippen LogP contribution in [-0.4, -0.2) is 20.6 Å². The van der Waals surface area contributed by atoms with Crippen LogP contribution in [0.15, 0.2) is 12.1 Å². The van der Waals surface area contributed by atoms with Gasteiger partial charge in [-0.15, -0.1) is 0 Å². The highest BCUT2D eigenvalue weighted by atomic mass is 16.6. The molecule has 1 aromatic rings. The molecule has 0 saturated heterocycles. The number of benzene rings is 1. The van der Waals surface area contributed by atoms with Crippen LogP contribution in [0.5, 0.6) is 0 Å². The van der Waals surface area contributed by atoms with Crippen LogP contribution in [0.4, 0.5) is 17.1 Å². The van der Waals surface area contributed by atoms with Gasteiger partial charge in [-0.05, 0) is 5.87 Å². The topological polar surface area (TPSA) is 153 Å². The average Bonchev–Trinajstić information content (AvgIpc) is 2.28. The molecule has 0 bridgehead atoms. The molecule has 1 aromatic carbocycles. The average molecular weight is 252 g/mol. The summed E-state index contributed by atoms with van der Waals surface area (Å²) in [5.74, 6) is 1.67. The third-order valence-electron chi connectivity index (χ3n) is 1.94. The molecule has 0 unspecified atom stereocenters. The Morgan fingerprint density at radius 2 is 1.44 bits per heavy atom. The lowest BCUT2D eigenvalue weighted by molar-refractivity contribution is -0.403. The first-order valence-electron chi connectivity index (χ1n) is 4.25. The number of nitrogens with one attached hydrogen (secondary N) is 1. The van der Waals surface area contributed by atoms with Gasteiger partial charge < -0.3 is 0 Å². The summed E-state index contributed by atoms with van der Waals surface area (Å²) in [4.78, 5) is 28.9. The summed E-state index contributed by atoms with van der Waals surface area (Å²) in [6.07, 6.45) is 0.708. The van der Waals surface area contributed by atoms with Gasteiger partial charge in [0.2, 0.25) is 0 Å². The summed E-state index contributed by atoms with van der Waals surface area (Å²) in [6.45, 7) is 0. The number of hydrogen-bond acceptors (Lipinski definition) is 7. The van der Waals surface area contributed by atoms with E-state index < -0.39 is 37.4 Å². The lowest BCUT2D eigenvalue weighted by atomic mass is 10.1. The standard InChI is InChI=1S/C8H4N4O6/c9-2-1-6-7(11(15)16)3-5(10(13)14)4-8(6)12(17)18/h1,3-4,9H. The van der Waals surface area contributed by atoms with E-state index in [1.807, 2.05) is 0 Å². The van der Waals surface area contributed by atoms with Gasteiger partial charge in [-0.2, -0.15) is 0 Å². The summed E-state index contributed by atoms with van der Waals surface area (Å²) in [6, 6.07) is 1.19. The number of nitrogens with zero attached hydrogens (tertiary/aromatic N) is 3. The van der Waals surface area contributed by atoms with Crippen molar-refractivity contribution < 1.29 is 14.8 Å². The molecule has 0 aliphatic rings. The molecule has 0 aliphatic heterocycles. The van der Waals surface area contributed by atoms with Crippen molar-refractivity contribution in [3.8, 4) is 0 Å². The van der Waals surface area contributed by atoms with Crippen molar-refractivity contribution in [2.24, 2.45) is 0 Å². The molecule has 0 atom stereocenters. The van der Waals surface area contributed by atoms with Gasteiger partial charge in [0.05, 0.1) is 26.9 Å². The van der Waals surface area contributed by atoms with Gasteiger partial charge in [-0.1, -0.05) is 0 Å². The Bertz CT molecular complexity index is 569. The molecule has 10 nitrogen and oxygen atoms in total. The van der Waals surface area contributed by atoms with E-state index in [9.17, 15) is 30.3 Å². The molecule has 92 valence electrons. The van der Waals surface area contributed by atoms with Gasteiger partial charge in [-0.25, -0.2) is 0 Å². The zero-order chi connectivity index (χ0) is 13.9. The maximum Gasteiger partial charge on any atom is 0.291 e. The molecule has 1 N–H and O–H groups in total. The summed E-state index contributed by atoms with van der Waals surface area (Å²) < 4.78 is 0. The number of hydrogen-bond donors (Lipinski definition) is 1. The van der Waals surface area contributed by atoms with Crippen LogP contribution >= 0.6 is 0 Å². The Morgan fingerprint density at radius 3 is 1.72 bits per heavy atom. The van der Waals surface area contributed by atoms with Crippen molar-refractivity contribution in [1.29, 1.82) is 5.41 Å². The molecule has 0 radical (unpaired) electrons. The summed E-state index contributed by atoms with van der Waals surface area (Å²) >= 11 is 0. The van der Waals surface area contributed by atoms with Crippen molar-refractivity contribution >= 4 is 29.0 Å². The second-order valence-corrected chi connectivity index (χ2v) is 2.96. The summed E-state index contributed by atoms with van der Waals surface area (Å²) in [7, 11) is 0. The van der Waals surface area contributed by atoms with Crippen molar-refractivity contribution in [3.63, 3.8) is 0 Å². The van der Waals surface area contributed by atoms with Crippen molar-refractivity contribution in [3.05, 3.63) is 48.0 Å². The van der Waals surface area contributed by atoms with E-state index in [1.165, 1.54) is 0 Å². The monoisotopic (exact) mass is 252 g/mol. The predicted octanol–water partition coefficient (Wildman–Crippen LogP) is 1.67. The van der Waals surface area contributed by atoms with E-state index in [1.54, 1.807) is 5.87 Å². The van der Waals surface area contributed by atoms with E-state index in [-0.39, 0.29) is 0 Å². The van der Waals surface area contributed by atoms with Gasteiger partial charge in [0, 0.05) is 6.08 Å². The summed E-state index contributed by atoms with van der Waals surface area (Å²) in [5.41, 5.74) is -2.92. The first-order chi connectivity index (χ1) is 8.38. The van der Waals surface area contributed by atoms with E-state index in [4.69, 9.17) is 5.41 Å². The molecule has 0 heterocycles. The molecular formula is C8H4N4O6. The van der Waals surface area contributed by atoms with Crippen LogP contribution in [0.1, 0.15) is 5.56 Å². The Balaban J connectivity index is 3.76. The van der Waals surface area contributed by atoms with Crippen LogP contribution in [0.25, 0.3) is 6.08 Å². The minimum Gasteiger partial charge on any atom is -0.259 e. The zero-order valence-corrected chi connectivity index (χ0v) is 8.52. The molecule has 10 heteroatoms. The highest BCUT2D eigenvalue weighted by Crippen LogP contribution is 2.33. The number of rotatable bonds is 4. The number of nitro groups is 3. The second kappa shape index (κ2) is 4.80. The molecular weight excluding hydrogens is 248 g/mol. The highest BCUT2D eigenvalue weighted by Gasteiger charge is 2.28. The van der Waals surface area contributed by atoms with Gasteiger partial charge in [0.25, 0.3) is 17.1 Å². The molecule has 0 aromatic heterocycles. The van der Waals surface area contributed by atoms with Crippen molar-refractivity contribution in [2.75, 3.05) is 0 Å². The molecule has 1 rings (SSSR count). The normalized spacial score (nSPS) is 9.33. The van der Waals surface area contributed by atoms with E-state index >= 15 is 0 Å². The van der Waals surface area contributed by atoms with Crippen molar-refractivity contribution in [2.45, 2.75) is 0 Å². The Labute approximate surface area is 98.1 Å². The van der Waals surface area contributed by atoms with Crippen molar-refractivity contribution in [1.82, 2.24) is 0 Å². The van der Waals surface area contributed by atoms with Crippen LogP contribution < -0.4 is 0 Å². The minimum absolute atomic E-state index is 0.509. The maximum absolute atomic E-state index is 10.7. The lowest BCUT2D eigenvalue weighted by Gasteiger charge is -1.99. The fraction of sp³-hybridized carbons (Fsp3) is 0. The molecule has 0 saturated carbocycles. The minimum atomic E-state index is -0.997. The Kier molecular flexibility index (Phi) is 3.45. The van der Waals surface area contributed by atoms with Gasteiger partial charge in [-0.3, -0.25) is 35.8 Å². The molecule has 0 spiro atoms. The molecule has 0 amide bonds. The zero-order valence-electron chi connectivity index (χ0n) is 8.52. The first kappa shape index (κ1) is 12.9. The van der Waals surface area contributed by atoms with Crippen LogP contribution in [0.3, 0.4) is 0 Å². The number of nitro benzene ring substituents is 3. The largest absolute Gasteiger partial charge is 0.291 e. The van der Waals surface area contributed by atoms with E-state index in [0.29, 0.717) is 18.2 Å². The second-order valence-electron chi connectivity index (χ2n) is 2.96. The fourth-order valence-corrected chi connectivity index (χ4v) is 1.24.